The summed E-state index contributed by atoms with van der Waals surface area (Å²) in [5.41, 5.74) is 9.52. The SMILES string of the molecule is CC(C)(Sc1ncc(Cl)n1-c1ccc(C2CC2)c2ccccc12)C(=O)CCC(=O)O.CC(C)(Sc1ncc(Cl)n1-c1cccc2ccccc12)C(=O)CCC(=O)O.CC(C)c1ccc(-n2c(Cl)cnc2SC(C)(C)C(=O)CCC(=O)O)c2ccccc12.CCc1ccc(-n2c(Cl)cnc2SC(C)(C)C(=O)CCC(=O)O)c2ccccc12.Cc1ccc(-n2c(Cl)cnc2SC(C)(C)C(=O)CCC(=O)O)c2ccccc12. The number of fused-ring (bicyclic) bond motifs is 5. The number of halogens is 5. The molecule has 1 saturated carbocycles. The van der Waals surface area contributed by atoms with Crippen molar-refractivity contribution < 1.29 is 73.5 Å². The minimum Gasteiger partial charge on any atom is -0.481 e. The fourth-order valence-electron chi connectivity index (χ4n) is 16.2. The Kier molecular flexibility index (Phi) is 37.2. The van der Waals surface area contributed by atoms with Crippen molar-refractivity contribution in [2.24, 2.45) is 0 Å². The number of nitrogens with zero attached hydrogens (tertiary/aromatic N) is 10. The Bertz CT molecular complexity index is 7210. The highest BCUT2D eigenvalue weighted by atomic mass is 35.5. The minimum absolute atomic E-state index is 0.0111. The van der Waals surface area contributed by atoms with Crippen LogP contribution in [0.15, 0.2) is 245 Å². The molecule has 0 unspecified atom stereocenters. The molecular formula is C109H111Cl5N10O15S5. The number of hydrogen-bond donors (Lipinski definition) is 5. The van der Waals surface area contributed by atoms with Crippen LogP contribution in [0.5, 0.6) is 0 Å². The molecule has 0 radical (unpaired) electrons. The molecule has 16 rings (SSSR count). The fraction of sp³-hybridized carbons (Fsp3) is 0.312. The molecule has 0 saturated heterocycles. The summed E-state index contributed by atoms with van der Waals surface area (Å²) in [6.07, 6.45) is 10.3. The van der Waals surface area contributed by atoms with E-state index in [0.29, 0.717) is 63.4 Å². The second-order valence-electron chi connectivity index (χ2n) is 37.1. The van der Waals surface area contributed by atoms with Crippen molar-refractivity contribution in [3.8, 4) is 28.4 Å². The van der Waals surface area contributed by atoms with E-state index in [1.807, 2.05) is 144 Å². The average Bonchev–Trinajstić information content (AvgIpc) is 1.59. The molecule has 0 bridgehead atoms. The van der Waals surface area contributed by atoms with Gasteiger partial charge in [-0.05, 0) is 187 Å². The predicted octanol–water partition coefficient (Wildman–Crippen LogP) is 27.8. The third kappa shape index (κ3) is 27.2. The maximum absolute atomic E-state index is 12.6. The zero-order chi connectivity index (χ0) is 105. The highest BCUT2D eigenvalue weighted by Crippen LogP contribution is 2.48. The van der Waals surface area contributed by atoms with Crippen LogP contribution in [-0.4, -0.2) is 156 Å². The largest absolute Gasteiger partial charge is 0.481 e. The molecule has 1 aliphatic carbocycles. The first-order valence-corrected chi connectivity index (χ1v) is 52.5. The van der Waals surface area contributed by atoms with Crippen molar-refractivity contribution in [2.75, 3.05) is 0 Å². The van der Waals surface area contributed by atoms with Crippen molar-refractivity contribution in [3.63, 3.8) is 0 Å². The molecule has 0 amide bonds. The van der Waals surface area contributed by atoms with Gasteiger partial charge in [-0.25, -0.2) is 24.9 Å². The third-order valence-electron chi connectivity index (χ3n) is 24.3. The standard InChI is InChI=1S/C23H23ClN2O3S.C23H25ClN2O3S.C22H23ClN2O3S.C21H21ClN2O3S.C20H19ClN2O3S/c1-23(2,19(27)11-12-21(28)29)30-22-25-13-20(24)26(22)18-10-9-15(14-7-8-14)16-5-3-4-6-17(16)18;1-14(2)15-9-10-18(17-8-6-5-7-16(15)17)26-20(24)13-25-22(26)30-23(3,4)19(27)11-12-21(28)29;1-4-14-9-10-17(16-8-6-5-7-15(14)16)25-19(23)13-24-21(25)29-22(2,3)18(26)11-12-20(27)28;1-13-8-9-16(15-7-5-4-6-14(13)15)24-18(22)12-23-20(24)28-21(2,3)17(25)10-11-19(26)27;1-20(2,16(24)10-11-18(25)26)27-19-22-12-17(21)23(19)15-9-5-7-13-6-3-4-8-14(13)15/h3-6,9-10,13-14H,7-8,11-12H2,1-2H3,(H,28,29);5-10,13-14H,11-12H2,1-4H3,(H,28,29);5-10,13H,4,11-12H2,1-3H3,(H,27,28);4-9,12H,10-11H2,1-3H3,(H,26,27);3-9,12H,10-11H2,1-2H3,(H,25,26). The summed E-state index contributed by atoms with van der Waals surface area (Å²) in [4.78, 5) is 139. The molecule has 5 aromatic heterocycles. The van der Waals surface area contributed by atoms with Gasteiger partial charge in [-0.2, -0.15) is 0 Å². The van der Waals surface area contributed by atoms with Gasteiger partial charge >= 0.3 is 29.8 Å². The molecular weight excluding hydrogens is 2030 g/mol. The Labute approximate surface area is 880 Å². The van der Waals surface area contributed by atoms with Gasteiger partial charge in [0, 0.05) is 59.0 Å². The van der Waals surface area contributed by atoms with E-state index in [1.54, 1.807) is 100 Å². The van der Waals surface area contributed by atoms with Gasteiger partial charge in [-0.15, -0.1) is 0 Å². The summed E-state index contributed by atoms with van der Waals surface area (Å²) in [5.74, 6) is -4.58. The number of carbonyl (C=O) groups excluding carboxylic acids is 5. The summed E-state index contributed by atoms with van der Waals surface area (Å²) in [6, 6.07) is 63.1. The van der Waals surface area contributed by atoms with E-state index in [2.05, 4.69) is 119 Å². The van der Waals surface area contributed by atoms with Crippen LogP contribution in [0.25, 0.3) is 82.3 Å². The second-order valence-corrected chi connectivity index (χ2v) is 47.0. The van der Waals surface area contributed by atoms with Crippen LogP contribution in [0.1, 0.15) is 201 Å². The number of imidazole rings is 5. The molecule has 144 heavy (non-hydrogen) atoms. The highest BCUT2D eigenvalue weighted by Gasteiger charge is 2.39. The number of ketones is 5. The van der Waals surface area contributed by atoms with Crippen LogP contribution in [0.2, 0.25) is 25.8 Å². The van der Waals surface area contributed by atoms with Crippen LogP contribution >= 0.6 is 117 Å². The van der Waals surface area contributed by atoms with E-state index >= 15 is 0 Å². The van der Waals surface area contributed by atoms with Crippen LogP contribution < -0.4 is 0 Å². The zero-order valence-corrected chi connectivity index (χ0v) is 89.7. The number of carboxylic acid groups (broad SMARTS) is 5. The number of carboxylic acids is 5. The minimum atomic E-state index is -0.982. The average molecular weight is 2140 g/mol. The number of aryl methyl sites for hydroxylation is 2. The van der Waals surface area contributed by atoms with Crippen molar-refractivity contribution in [2.45, 2.75) is 242 Å². The first-order chi connectivity index (χ1) is 68.1. The fourth-order valence-corrected chi connectivity index (χ4v) is 22.9. The molecule has 752 valence electrons. The quantitative estimate of drug-likeness (QED) is 0.0224. The Morgan fingerprint density at radius 2 is 0.569 bits per heavy atom. The van der Waals surface area contributed by atoms with Crippen LogP contribution in [0, 0.1) is 6.92 Å². The lowest BCUT2D eigenvalue weighted by Crippen LogP contribution is -2.28. The van der Waals surface area contributed by atoms with E-state index in [-0.39, 0.29) is 93.1 Å². The lowest BCUT2D eigenvalue weighted by Gasteiger charge is -2.23. The normalized spacial score (nSPS) is 12.3. The van der Waals surface area contributed by atoms with Crippen molar-refractivity contribution in [3.05, 3.63) is 267 Å². The first-order valence-electron chi connectivity index (χ1n) is 46.5. The Morgan fingerprint density at radius 1 is 0.312 bits per heavy atom. The van der Waals surface area contributed by atoms with Crippen molar-refractivity contribution in [1.29, 1.82) is 0 Å². The van der Waals surface area contributed by atoms with Crippen molar-refractivity contribution in [1.82, 2.24) is 47.8 Å². The molecule has 5 N–H and O–H groups in total. The predicted molar refractivity (Wildman–Crippen MR) is 580 cm³/mol. The topological polar surface area (TPSA) is 361 Å². The molecule has 10 aromatic carbocycles. The van der Waals surface area contributed by atoms with E-state index in [0.717, 1.165) is 88.9 Å². The third-order valence-corrected chi connectivity index (χ3v) is 31.7. The van der Waals surface area contributed by atoms with Gasteiger partial charge in [-0.1, -0.05) is 295 Å². The number of aliphatic carboxylic acids is 5. The van der Waals surface area contributed by atoms with Gasteiger partial charge in [0.2, 0.25) is 0 Å². The maximum atomic E-state index is 12.6. The maximum Gasteiger partial charge on any atom is 0.303 e. The van der Waals surface area contributed by atoms with E-state index in [4.69, 9.17) is 83.5 Å². The number of Topliss-reactive ketones (excluding diaryl/α,β-unsaturated/α-hetero) is 5. The summed E-state index contributed by atoms with van der Waals surface area (Å²) in [7, 11) is 0. The smallest absolute Gasteiger partial charge is 0.303 e. The number of benzene rings is 10. The van der Waals surface area contributed by atoms with Crippen molar-refractivity contribution >= 4 is 229 Å². The Morgan fingerprint density at radius 3 is 0.896 bits per heavy atom. The Hall–Kier alpha value is -11.6. The van der Waals surface area contributed by atoms with Gasteiger partial charge in [0.25, 0.3) is 0 Å². The second kappa shape index (κ2) is 48.2. The molecule has 5 heterocycles. The lowest BCUT2D eigenvalue weighted by molar-refractivity contribution is -0.139. The van der Waals surface area contributed by atoms with Gasteiger partial charge in [0.1, 0.15) is 54.7 Å². The molecule has 35 heteroatoms. The molecule has 0 atom stereocenters. The Balaban J connectivity index is 0.000000161. The highest BCUT2D eigenvalue weighted by molar-refractivity contribution is 8.02. The molecule has 25 nitrogen and oxygen atoms in total. The zero-order valence-electron chi connectivity index (χ0n) is 81.9. The van der Waals surface area contributed by atoms with Gasteiger partial charge in [0.15, 0.2) is 25.8 Å². The van der Waals surface area contributed by atoms with Gasteiger partial charge in [-0.3, -0.25) is 70.8 Å². The van der Waals surface area contributed by atoms with E-state index in [9.17, 15) is 47.9 Å². The number of hydrogen-bond acceptors (Lipinski definition) is 20. The van der Waals surface area contributed by atoms with Gasteiger partial charge in [0.05, 0.1) is 115 Å². The first kappa shape index (κ1) is 111. The summed E-state index contributed by atoms with van der Waals surface area (Å²) in [5, 5.41) is 60.6. The number of thioether (sulfide) groups is 5. The number of rotatable bonds is 38. The summed E-state index contributed by atoms with van der Waals surface area (Å²) >= 11 is 38.9. The number of carbonyl (C=O) groups is 10. The lowest BCUT2D eigenvalue weighted by atomic mass is 9.95. The molecule has 1 aliphatic rings. The van der Waals surface area contributed by atoms with Crippen LogP contribution in [0.4, 0.5) is 0 Å². The molecule has 0 aliphatic heterocycles. The monoisotopic (exact) mass is 2130 g/mol. The molecule has 0 spiro atoms. The molecule has 15 aromatic rings. The molecule has 1 fully saturated rings. The van der Waals surface area contributed by atoms with Crippen LogP contribution in [0.3, 0.4) is 0 Å². The number of aromatic nitrogens is 10. The van der Waals surface area contributed by atoms with Crippen LogP contribution in [-0.2, 0) is 54.4 Å². The van der Waals surface area contributed by atoms with E-state index in [1.165, 1.54) is 93.7 Å². The summed E-state index contributed by atoms with van der Waals surface area (Å²) < 4.78 is 5.07. The van der Waals surface area contributed by atoms with Gasteiger partial charge < -0.3 is 25.5 Å². The van der Waals surface area contributed by atoms with E-state index < -0.39 is 53.6 Å². The summed E-state index contributed by atoms with van der Waals surface area (Å²) in [6.45, 7) is 26.4.